The lowest BCUT2D eigenvalue weighted by Crippen LogP contribution is -2.42. The molecule has 0 rings (SSSR count). The van der Waals surface area contributed by atoms with Crippen LogP contribution < -0.4 is 0 Å². The van der Waals surface area contributed by atoms with Gasteiger partial charge in [-0.15, -0.1) is 0 Å². The fourth-order valence-electron chi connectivity index (χ4n) is 3.94. The molecule has 32 heavy (non-hydrogen) atoms. The maximum absolute atomic E-state index is 6.07. The summed E-state index contributed by atoms with van der Waals surface area (Å²) < 4.78 is 24.3. The van der Waals surface area contributed by atoms with Crippen molar-refractivity contribution in [3.05, 3.63) is 0 Å². The summed E-state index contributed by atoms with van der Waals surface area (Å²) >= 11 is 0. The standard InChI is InChI=1S/C22H50O4S4Si2/c1-7-23-21(24-8-2,31-11-5)17-13-15-19-27-29-30-28-20-16-14-18-22(25-9-3,26-10-4)32-12-6/h7-20,31-32H2,1-6H3. The first-order valence-corrected chi connectivity index (χ1v) is 21.3. The van der Waals surface area contributed by atoms with E-state index >= 15 is 0 Å². The number of unbranched alkanes of at least 4 members (excludes halogenated alkanes) is 2. The van der Waals surface area contributed by atoms with Gasteiger partial charge in [0, 0.05) is 37.9 Å². The third kappa shape index (κ3) is 16.4. The first-order valence-electron chi connectivity index (χ1n) is 12.7. The number of hydrogen-bond acceptors (Lipinski definition) is 8. The third-order valence-electron chi connectivity index (χ3n) is 5.09. The molecule has 0 spiro atoms. The number of rotatable bonds is 25. The number of ether oxygens (including phenoxy) is 4. The Morgan fingerprint density at radius 3 is 1.16 bits per heavy atom. The molecule has 0 unspecified atom stereocenters. The summed E-state index contributed by atoms with van der Waals surface area (Å²) in [4.78, 5) is 0. The second kappa shape index (κ2) is 23.1. The Morgan fingerprint density at radius 1 is 0.531 bits per heavy atom. The van der Waals surface area contributed by atoms with Crippen LogP contribution in [-0.4, -0.2) is 67.8 Å². The minimum atomic E-state index is -0.347. The van der Waals surface area contributed by atoms with E-state index < -0.39 is 0 Å². The molecule has 0 aliphatic carbocycles. The SMILES string of the molecule is CCOC(CCCCSSSSCCCCC(OCC)(OCC)[SiH2]CC)(OCC)[SiH2]CC. The molecule has 0 saturated heterocycles. The Hall–Kier alpha value is 1.67. The second-order valence-corrected chi connectivity index (χ2v) is 19.1. The van der Waals surface area contributed by atoms with Crippen LogP contribution in [0.2, 0.25) is 12.1 Å². The molecule has 194 valence electrons. The van der Waals surface area contributed by atoms with Crippen LogP contribution in [0.25, 0.3) is 0 Å². The predicted octanol–water partition coefficient (Wildman–Crippen LogP) is 6.67. The van der Waals surface area contributed by atoms with Gasteiger partial charge in [-0.05, 0) is 85.9 Å². The normalized spacial score (nSPS) is 13.3. The molecule has 0 N–H and O–H groups in total. The van der Waals surface area contributed by atoms with Gasteiger partial charge in [-0.1, -0.05) is 47.5 Å². The third-order valence-corrected chi connectivity index (χ3v) is 15.8. The van der Waals surface area contributed by atoms with Crippen LogP contribution in [0.4, 0.5) is 0 Å². The molecule has 0 aliphatic rings. The largest absolute Gasteiger partial charge is 0.355 e. The molecular formula is C22H50O4S4Si2. The van der Waals surface area contributed by atoms with Gasteiger partial charge in [-0.3, -0.25) is 0 Å². The zero-order valence-corrected chi connectivity index (χ0v) is 27.7. The Morgan fingerprint density at radius 2 is 0.875 bits per heavy atom. The monoisotopic (exact) mass is 562 g/mol. The average Bonchev–Trinajstić information content (AvgIpc) is 2.76. The van der Waals surface area contributed by atoms with E-state index in [0.717, 1.165) is 39.3 Å². The van der Waals surface area contributed by atoms with Crippen LogP contribution in [0.15, 0.2) is 0 Å². The Kier molecular flexibility index (Phi) is 24.3. The van der Waals surface area contributed by atoms with E-state index in [1.807, 2.05) is 41.2 Å². The molecule has 0 bridgehead atoms. The highest BCUT2D eigenvalue weighted by Gasteiger charge is 2.30. The molecule has 10 heteroatoms. The minimum Gasteiger partial charge on any atom is -0.355 e. The van der Waals surface area contributed by atoms with Crippen LogP contribution in [0.3, 0.4) is 0 Å². The molecule has 0 aromatic heterocycles. The summed E-state index contributed by atoms with van der Waals surface area (Å²) in [5.41, 5.74) is -0.440. The molecular weight excluding hydrogens is 513 g/mol. The predicted molar refractivity (Wildman–Crippen MR) is 158 cm³/mol. The molecule has 0 heterocycles. The fraction of sp³-hybridized carbons (Fsp3) is 1.00. The fourth-order valence-corrected chi connectivity index (χ4v) is 14.1. The van der Waals surface area contributed by atoms with Crippen molar-refractivity contribution < 1.29 is 18.9 Å². The summed E-state index contributed by atoms with van der Waals surface area (Å²) in [6.07, 6.45) is 6.99. The van der Waals surface area contributed by atoms with E-state index in [0.29, 0.717) is 0 Å². The van der Waals surface area contributed by atoms with Crippen molar-refractivity contribution in [2.24, 2.45) is 0 Å². The van der Waals surface area contributed by atoms with E-state index in [9.17, 15) is 0 Å². The van der Waals surface area contributed by atoms with Crippen LogP contribution >= 0.6 is 41.2 Å². The molecule has 0 fully saturated rings. The molecule has 0 radical (unpaired) electrons. The van der Waals surface area contributed by atoms with Crippen molar-refractivity contribution in [3.63, 3.8) is 0 Å². The van der Waals surface area contributed by atoms with Crippen LogP contribution in [-0.2, 0) is 18.9 Å². The first kappa shape index (κ1) is 33.7. The highest BCUT2D eigenvalue weighted by Crippen LogP contribution is 2.43. The minimum absolute atomic E-state index is 0.220. The van der Waals surface area contributed by atoms with Gasteiger partial charge in [0.1, 0.15) is 10.8 Å². The van der Waals surface area contributed by atoms with Crippen molar-refractivity contribution in [1.82, 2.24) is 0 Å². The summed E-state index contributed by atoms with van der Waals surface area (Å²) in [6, 6.07) is 2.47. The van der Waals surface area contributed by atoms with Gasteiger partial charge in [0.2, 0.25) is 0 Å². The molecule has 0 aromatic rings. The van der Waals surface area contributed by atoms with E-state index in [1.165, 1.54) is 49.3 Å². The Balaban J connectivity index is 3.85. The maximum atomic E-state index is 6.07. The Bertz CT molecular complexity index is 342. The van der Waals surface area contributed by atoms with Gasteiger partial charge in [-0.25, -0.2) is 0 Å². The molecule has 0 atom stereocenters. The summed E-state index contributed by atoms with van der Waals surface area (Å²) in [7, 11) is 7.14. The van der Waals surface area contributed by atoms with Crippen LogP contribution in [0.5, 0.6) is 0 Å². The van der Waals surface area contributed by atoms with E-state index in [1.54, 1.807) is 0 Å². The van der Waals surface area contributed by atoms with Crippen molar-refractivity contribution in [3.8, 4) is 0 Å². The van der Waals surface area contributed by atoms with Gasteiger partial charge in [0.25, 0.3) is 0 Å². The van der Waals surface area contributed by atoms with Gasteiger partial charge >= 0.3 is 0 Å². The lowest BCUT2D eigenvalue weighted by molar-refractivity contribution is -0.180. The summed E-state index contributed by atoms with van der Waals surface area (Å²) in [5, 5.41) is 0. The maximum Gasteiger partial charge on any atom is 0.144 e. The van der Waals surface area contributed by atoms with Gasteiger partial charge in [-0.2, -0.15) is 0 Å². The van der Waals surface area contributed by atoms with Gasteiger partial charge in [0.15, 0.2) is 0 Å². The molecule has 0 aromatic carbocycles. The quantitative estimate of drug-likeness (QED) is 0.0528. The highest BCUT2D eigenvalue weighted by molar-refractivity contribution is 9.26. The van der Waals surface area contributed by atoms with E-state index in [2.05, 4.69) is 41.5 Å². The lowest BCUT2D eigenvalue weighted by Gasteiger charge is -2.33. The second-order valence-electron chi connectivity index (χ2n) is 7.75. The van der Waals surface area contributed by atoms with Gasteiger partial charge < -0.3 is 18.9 Å². The van der Waals surface area contributed by atoms with E-state index in [-0.39, 0.29) is 29.9 Å². The molecule has 0 aliphatic heterocycles. The molecule has 0 saturated carbocycles. The summed E-state index contributed by atoms with van der Waals surface area (Å²) in [5.74, 6) is 2.40. The zero-order valence-electron chi connectivity index (χ0n) is 21.6. The highest BCUT2D eigenvalue weighted by atomic mass is 33.7. The van der Waals surface area contributed by atoms with Crippen molar-refractivity contribution in [2.45, 2.75) is 103 Å². The smallest absolute Gasteiger partial charge is 0.144 e. The Labute approximate surface area is 219 Å². The number of hydrogen-bond donors (Lipinski definition) is 0. The van der Waals surface area contributed by atoms with Crippen LogP contribution in [0.1, 0.15) is 80.1 Å². The topological polar surface area (TPSA) is 36.9 Å². The van der Waals surface area contributed by atoms with Crippen molar-refractivity contribution >= 4 is 60.3 Å². The van der Waals surface area contributed by atoms with Crippen molar-refractivity contribution in [2.75, 3.05) is 37.9 Å². The van der Waals surface area contributed by atoms with Crippen LogP contribution in [0, 0.1) is 0 Å². The molecule has 4 nitrogen and oxygen atoms in total. The van der Waals surface area contributed by atoms with Gasteiger partial charge in [0.05, 0.1) is 19.0 Å². The zero-order chi connectivity index (χ0) is 24.0. The lowest BCUT2D eigenvalue weighted by atomic mass is 10.2. The van der Waals surface area contributed by atoms with E-state index in [4.69, 9.17) is 18.9 Å². The average molecular weight is 563 g/mol. The van der Waals surface area contributed by atoms with Crippen molar-refractivity contribution in [1.29, 1.82) is 0 Å². The summed E-state index contributed by atoms with van der Waals surface area (Å²) in [6.45, 7) is 15.9. The first-order chi connectivity index (χ1) is 15.6. The molecule has 0 amide bonds.